The molecule has 6 heteroatoms. The molecule has 1 unspecified atom stereocenters. The highest BCUT2D eigenvalue weighted by Gasteiger charge is 2.36. The van der Waals surface area contributed by atoms with Crippen LogP contribution in [0.4, 0.5) is 13.2 Å². The molecule has 1 rings (SSSR count). The van der Waals surface area contributed by atoms with E-state index in [0.29, 0.717) is 19.4 Å². The molecule has 0 spiro atoms. The predicted molar refractivity (Wildman–Crippen MR) is 71.3 cm³/mol. The molecule has 0 aliphatic heterocycles. The Morgan fingerprint density at radius 1 is 1.30 bits per heavy atom. The molecule has 20 heavy (non-hydrogen) atoms. The summed E-state index contributed by atoms with van der Waals surface area (Å²) in [4.78, 5) is 12.1. The molecule has 1 amide bonds. The van der Waals surface area contributed by atoms with Crippen molar-refractivity contribution in [1.82, 2.24) is 5.32 Å². The van der Waals surface area contributed by atoms with Crippen LogP contribution in [0.3, 0.4) is 0 Å². The van der Waals surface area contributed by atoms with Crippen LogP contribution in [0.15, 0.2) is 24.3 Å². The first-order chi connectivity index (χ1) is 9.23. The van der Waals surface area contributed by atoms with E-state index in [1.807, 2.05) is 6.92 Å². The molecular weight excluding hydrogens is 269 g/mol. The molecular formula is C14H19F3N2O. The highest BCUT2D eigenvalue weighted by atomic mass is 19.4. The molecule has 1 aromatic rings. The number of hydrogen-bond acceptors (Lipinski definition) is 2. The lowest BCUT2D eigenvalue weighted by atomic mass is 9.93. The minimum atomic E-state index is -4.55. The van der Waals surface area contributed by atoms with Gasteiger partial charge in [0.2, 0.25) is 0 Å². The van der Waals surface area contributed by atoms with Crippen molar-refractivity contribution in [3.63, 3.8) is 0 Å². The van der Waals surface area contributed by atoms with Gasteiger partial charge in [-0.3, -0.25) is 4.79 Å². The Bertz CT molecular complexity index is 474. The van der Waals surface area contributed by atoms with Gasteiger partial charge in [0, 0.05) is 5.54 Å². The highest BCUT2D eigenvalue weighted by molar-refractivity contribution is 5.96. The lowest BCUT2D eigenvalue weighted by molar-refractivity contribution is -0.137. The van der Waals surface area contributed by atoms with Gasteiger partial charge in [-0.25, -0.2) is 0 Å². The number of carbonyl (C=O) groups is 1. The van der Waals surface area contributed by atoms with Gasteiger partial charge < -0.3 is 11.1 Å². The molecule has 1 atom stereocenters. The molecule has 1 aromatic carbocycles. The van der Waals surface area contributed by atoms with E-state index >= 15 is 0 Å². The van der Waals surface area contributed by atoms with Gasteiger partial charge in [-0.1, -0.05) is 19.1 Å². The minimum absolute atomic E-state index is 0.353. The Labute approximate surface area is 116 Å². The third-order valence-electron chi connectivity index (χ3n) is 3.37. The van der Waals surface area contributed by atoms with E-state index < -0.39 is 23.2 Å². The van der Waals surface area contributed by atoms with Crippen LogP contribution < -0.4 is 11.1 Å². The number of carbonyl (C=O) groups excluding carboxylic acids is 1. The summed E-state index contributed by atoms with van der Waals surface area (Å²) in [6.45, 7) is 3.98. The Kier molecular flexibility index (Phi) is 5.16. The van der Waals surface area contributed by atoms with E-state index in [1.165, 1.54) is 18.2 Å². The standard InChI is InChI=1S/C14H19F3N2O/c1-3-13(2,8-9-18)19-12(20)10-6-4-5-7-11(10)14(15,16)17/h4-7H,3,8-9,18H2,1-2H3,(H,19,20). The van der Waals surface area contributed by atoms with Gasteiger partial charge in [-0.05, 0) is 38.4 Å². The van der Waals surface area contributed by atoms with Gasteiger partial charge >= 0.3 is 6.18 Å². The van der Waals surface area contributed by atoms with E-state index in [0.717, 1.165) is 6.07 Å². The second kappa shape index (κ2) is 6.26. The Hall–Kier alpha value is -1.56. The summed E-state index contributed by atoms with van der Waals surface area (Å²) >= 11 is 0. The maximum absolute atomic E-state index is 12.9. The van der Waals surface area contributed by atoms with Crippen molar-refractivity contribution in [3.8, 4) is 0 Å². The average molecular weight is 288 g/mol. The summed E-state index contributed by atoms with van der Waals surface area (Å²) in [6.07, 6.45) is -3.46. The second-order valence-corrected chi connectivity index (χ2v) is 4.95. The van der Waals surface area contributed by atoms with Gasteiger partial charge in [0.15, 0.2) is 0 Å². The number of benzene rings is 1. The van der Waals surface area contributed by atoms with Crippen molar-refractivity contribution in [1.29, 1.82) is 0 Å². The fourth-order valence-electron chi connectivity index (χ4n) is 1.92. The highest BCUT2D eigenvalue weighted by Crippen LogP contribution is 2.32. The zero-order chi connectivity index (χ0) is 15.4. The normalized spacial score (nSPS) is 14.7. The van der Waals surface area contributed by atoms with Crippen LogP contribution in [0, 0.1) is 0 Å². The van der Waals surface area contributed by atoms with Gasteiger partial charge in [0.1, 0.15) is 0 Å². The summed E-state index contributed by atoms with van der Waals surface area (Å²) in [6, 6.07) is 4.76. The van der Waals surface area contributed by atoms with Crippen molar-refractivity contribution >= 4 is 5.91 Å². The van der Waals surface area contributed by atoms with Crippen molar-refractivity contribution in [2.75, 3.05) is 6.54 Å². The third kappa shape index (κ3) is 3.96. The summed E-state index contributed by atoms with van der Waals surface area (Å²) in [5, 5.41) is 2.65. The molecule has 3 N–H and O–H groups in total. The minimum Gasteiger partial charge on any atom is -0.347 e. The SMILES string of the molecule is CCC(C)(CCN)NC(=O)c1ccccc1C(F)(F)F. The fourth-order valence-corrected chi connectivity index (χ4v) is 1.92. The van der Waals surface area contributed by atoms with Gasteiger partial charge in [0.25, 0.3) is 5.91 Å². The van der Waals surface area contributed by atoms with Crippen molar-refractivity contribution in [2.24, 2.45) is 5.73 Å². The number of amides is 1. The van der Waals surface area contributed by atoms with E-state index in [4.69, 9.17) is 5.73 Å². The van der Waals surface area contributed by atoms with Crippen LogP contribution in [-0.4, -0.2) is 18.0 Å². The molecule has 3 nitrogen and oxygen atoms in total. The molecule has 0 aliphatic carbocycles. The number of rotatable bonds is 5. The number of nitrogens with one attached hydrogen (secondary N) is 1. The van der Waals surface area contributed by atoms with Crippen LogP contribution in [-0.2, 0) is 6.18 Å². The van der Waals surface area contributed by atoms with Crippen LogP contribution in [0.1, 0.15) is 42.6 Å². The first kappa shape index (κ1) is 16.5. The predicted octanol–water partition coefficient (Wildman–Crippen LogP) is 2.95. The lowest BCUT2D eigenvalue weighted by Crippen LogP contribution is -2.47. The van der Waals surface area contributed by atoms with E-state index in [-0.39, 0.29) is 5.56 Å². The largest absolute Gasteiger partial charge is 0.417 e. The molecule has 0 saturated carbocycles. The number of nitrogens with two attached hydrogens (primary N) is 1. The molecule has 0 aliphatic rings. The number of alkyl halides is 3. The summed E-state index contributed by atoms with van der Waals surface area (Å²) in [7, 11) is 0. The summed E-state index contributed by atoms with van der Waals surface area (Å²) in [5.74, 6) is -0.726. The maximum atomic E-state index is 12.9. The van der Waals surface area contributed by atoms with E-state index in [1.54, 1.807) is 6.92 Å². The molecule has 112 valence electrons. The summed E-state index contributed by atoms with van der Waals surface area (Å²) < 4.78 is 38.6. The molecule has 0 fully saturated rings. The Morgan fingerprint density at radius 2 is 1.90 bits per heavy atom. The first-order valence-corrected chi connectivity index (χ1v) is 6.42. The zero-order valence-corrected chi connectivity index (χ0v) is 11.6. The van der Waals surface area contributed by atoms with Crippen molar-refractivity contribution in [3.05, 3.63) is 35.4 Å². The van der Waals surface area contributed by atoms with E-state index in [2.05, 4.69) is 5.32 Å². The first-order valence-electron chi connectivity index (χ1n) is 6.42. The smallest absolute Gasteiger partial charge is 0.347 e. The maximum Gasteiger partial charge on any atom is 0.417 e. The number of halogens is 3. The van der Waals surface area contributed by atoms with Crippen LogP contribution >= 0.6 is 0 Å². The lowest BCUT2D eigenvalue weighted by Gasteiger charge is -2.29. The third-order valence-corrected chi connectivity index (χ3v) is 3.37. The van der Waals surface area contributed by atoms with Gasteiger partial charge in [0.05, 0.1) is 11.1 Å². The van der Waals surface area contributed by atoms with Crippen molar-refractivity contribution < 1.29 is 18.0 Å². The molecule has 0 aromatic heterocycles. The second-order valence-electron chi connectivity index (χ2n) is 4.95. The van der Waals surface area contributed by atoms with Crippen LogP contribution in [0.5, 0.6) is 0 Å². The van der Waals surface area contributed by atoms with Gasteiger partial charge in [-0.2, -0.15) is 13.2 Å². The molecule has 0 radical (unpaired) electrons. The molecule has 0 heterocycles. The monoisotopic (exact) mass is 288 g/mol. The van der Waals surface area contributed by atoms with E-state index in [9.17, 15) is 18.0 Å². The van der Waals surface area contributed by atoms with Crippen molar-refractivity contribution in [2.45, 2.75) is 38.4 Å². The molecule has 0 saturated heterocycles. The topological polar surface area (TPSA) is 55.1 Å². The zero-order valence-electron chi connectivity index (χ0n) is 11.6. The Balaban J connectivity index is 3.05. The fraction of sp³-hybridized carbons (Fsp3) is 0.500. The van der Waals surface area contributed by atoms with Crippen LogP contribution in [0.25, 0.3) is 0 Å². The number of hydrogen-bond donors (Lipinski definition) is 2. The molecule has 0 bridgehead atoms. The quantitative estimate of drug-likeness (QED) is 0.875. The average Bonchev–Trinajstić information content (AvgIpc) is 2.38. The van der Waals surface area contributed by atoms with Gasteiger partial charge in [-0.15, -0.1) is 0 Å². The van der Waals surface area contributed by atoms with Crippen LogP contribution in [0.2, 0.25) is 0 Å². The summed E-state index contributed by atoms with van der Waals surface area (Å²) in [5.41, 5.74) is 3.57. The Morgan fingerprint density at radius 3 is 2.40 bits per heavy atom.